The molecule has 1 saturated heterocycles. The summed E-state index contributed by atoms with van der Waals surface area (Å²) >= 11 is 0. The van der Waals surface area contributed by atoms with Crippen molar-refractivity contribution in [3.8, 4) is 0 Å². The maximum atomic E-state index is 5.66. The summed E-state index contributed by atoms with van der Waals surface area (Å²) in [6.07, 6.45) is 3.64. The molecule has 3 N–H and O–H groups in total. The highest BCUT2D eigenvalue weighted by Gasteiger charge is 2.20. The smallest absolute Gasteiger partial charge is 0.148 e. The molecular weight excluding hydrogens is 230 g/mol. The second kappa shape index (κ2) is 5.97. The Morgan fingerprint density at radius 2 is 2.39 bits per heavy atom. The Bertz CT molecular complexity index is 398. The van der Waals surface area contributed by atoms with Gasteiger partial charge in [0.15, 0.2) is 0 Å². The minimum absolute atomic E-state index is 0.224. The summed E-state index contributed by atoms with van der Waals surface area (Å²) in [7, 11) is 0. The first-order chi connectivity index (χ1) is 8.76. The van der Waals surface area contributed by atoms with E-state index in [4.69, 9.17) is 10.6 Å². The third-order valence-corrected chi connectivity index (χ3v) is 3.16. The van der Waals surface area contributed by atoms with Crippen LogP contribution in [0.4, 0.5) is 11.6 Å². The number of hydrogen-bond donors (Lipinski definition) is 2. The van der Waals surface area contributed by atoms with Crippen LogP contribution >= 0.6 is 0 Å². The second-order valence-electron chi connectivity index (χ2n) is 4.50. The number of nitrogens with two attached hydrogens (primary N) is 1. The Balaban J connectivity index is 2.30. The molecule has 0 aromatic carbocycles. The number of nitrogen functional groups attached to an aromatic ring is 1. The molecule has 2 heterocycles. The van der Waals surface area contributed by atoms with Crippen molar-refractivity contribution in [1.82, 2.24) is 9.97 Å². The summed E-state index contributed by atoms with van der Waals surface area (Å²) in [5.41, 5.74) is 3.71. The van der Waals surface area contributed by atoms with Crippen LogP contribution < -0.4 is 16.2 Å². The molecule has 2 rings (SSSR count). The van der Waals surface area contributed by atoms with Gasteiger partial charge in [-0.1, -0.05) is 6.92 Å². The summed E-state index contributed by atoms with van der Waals surface area (Å²) in [6.45, 7) is 6.80. The minimum atomic E-state index is 0.224. The van der Waals surface area contributed by atoms with E-state index in [2.05, 4.69) is 34.1 Å². The van der Waals surface area contributed by atoms with Crippen LogP contribution in [0.1, 0.15) is 25.8 Å². The molecule has 6 heteroatoms. The first kappa shape index (κ1) is 13.0. The van der Waals surface area contributed by atoms with Crippen molar-refractivity contribution in [1.29, 1.82) is 0 Å². The molecule has 0 aliphatic carbocycles. The average Bonchev–Trinajstić information content (AvgIpc) is 2.62. The fourth-order valence-corrected chi connectivity index (χ4v) is 2.31. The third-order valence-electron chi connectivity index (χ3n) is 3.16. The maximum Gasteiger partial charge on any atom is 0.148 e. The van der Waals surface area contributed by atoms with Gasteiger partial charge in [-0.05, 0) is 19.8 Å². The molecule has 1 fully saturated rings. The van der Waals surface area contributed by atoms with Gasteiger partial charge >= 0.3 is 0 Å². The van der Waals surface area contributed by atoms with E-state index in [1.54, 1.807) is 6.33 Å². The Hall–Kier alpha value is -1.40. The molecule has 0 bridgehead atoms. The van der Waals surface area contributed by atoms with Crippen LogP contribution in [0.25, 0.3) is 0 Å². The molecule has 1 aliphatic rings. The molecule has 18 heavy (non-hydrogen) atoms. The fraction of sp³-hybridized carbons (Fsp3) is 0.667. The number of anilines is 2. The topological polar surface area (TPSA) is 76.3 Å². The summed E-state index contributed by atoms with van der Waals surface area (Å²) in [4.78, 5) is 10.8. The van der Waals surface area contributed by atoms with Crippen molar-refractivity contribution in [2.24, 2.45) is 5.84 Å². The minimum Gasteiger partial charge on any atom is -0.377 e. The number of hydrogen-bond acceptors (Lipinski definition) is 6. The van der Waals surface area contributed by atoms with E-state index in [1.807, 2.05) is 0 Å². The van der Waals surface area contributed by atoms with Crippen LogP contribution in [0.3, 0.4) is 0 Å². The molecule has 1 aromatic heterocycles. The van der Waals surface area contributed by atoms with Gasteiger partial charge in [0.1, 0.15) is 18.0 Å². The Labute approximate surface area is 108 Å². The predicted molar refractivity (Wildman–Crippen MR) is 71.5 cm³/mol. The van der Waals surface area contributed by atoms with Crippen LogP contribution in [0.5, 0.6) is 0 Å². The Morgan fingerprint density at radius 3 is 3.11 bits per heavy atom. The van der Waals surface area contributed by atoms with Gasteiger partial charge in [-0.25, -0.2) is 15.8 Å². The highest BCUT2D eigenvalue weighted by Crippen LogP contribution is 2.24. The molecule has 1 unspecified atom stereocenters. The second-order valence-corrected chi connectivity index (χ2v) is 4.50. The summed E-state index contributed by atoms with van der Waals surface area (Å²) in [5, 5.41) is 0. The van der Waals surface area contributed by atoms with Crippen molar-refractivity contribution >= 4 is 11.6 Å². The lowest BCUT2D eigenvalue weighted by molar-refractivity contribution is 0.0820. The van der Waals surface area contributed by atoms with Crippen molar-refractivity contribution in [2.45, 2.75) is 32.8 Å². The van der Waals surface area contributed by atoms with Crippen molar-refractivity contribution in [3.63, 3.8) is 0 Å². The molecule has 0 radical (unpaired) electrons. The lowest BCUT2D eigenvalue weighted by Crippen LogP contribution is -2.32. The number of ether oxygens (including phenoxy) is 1. The highest BCUT2D eigenvalue weighted by molar-refractivity contribution is 5.58. The van der Waals surface area contributed by atoms with Crippen LogP contribution in [0.15, 0.2) is 6.33 Å². The molecule has 1 aromatic rings. The number of hydrazine groups is 1. The highest BCUT2D eigenvalue weighted by atomic mass is 16.5. The van der Waals surface area contributed by atoms with Gasteiger partial charge in [-0.15, -0.1) is 0 Å². The average molecular weight is 251 g/mol. The maximum absolute atomic E-state index is 5.66. The Morgan fingerprint density at radius 1 is 1.56 bits per heavy atom. The zero-order valence-electron chi connectivity index (χ0n) is 11.0. The van der Waals surface area contributed by atoms with Crippen LogP contribution in [-0.2, 0) is 11.2 Å². The van der Waals surface area contributed by atoms with E-state index in [-0.39, 0.29) is 6.10 Å². The predicted octanol–water partition coefficient (Wildman–Crippen LogP) is 0.940. The van der Waals surface area contributed by atoms with Crippen LogP contribution in [-0.4, -0.2) is 35.8 Å². The monoisotopic (exact) mass is 251 g/mol. The van der Waals surface area contributed by atoms with E-state index in [9.17, 15) is 0 Å². The van der Waals surface area contributed by atoms with E-state index in [1.165, 1.54) is 0 Å². The molecule has 100 valence electrons. The van der Waals surface area contributed by atoms with Crippen molar-refractivity contribution in [3.05, 3.63) is 11.9 Å². The van der Waals surface area contributed by atoms with Crippen LogP contribution in [0.2, 0.25) is 0 Å². The molecule has 1 atom stereocenters. The quantitative estimate of drug-likeness (QED) is 0.615. The molecule has 6 nitrogen and oxygen atoms in total. The van der Waals surface area contributed by atoms with Crippen LogP contribution in [0, 0.1) is 0 Å². The summed E-state index contributed by atoms with van der Waals surface area (Å²) in [5.74, 6) is 7.18. The van der Waals surface area contributed by atoms with Gasteiger partial charge in [0.2, 0.25) is 0 Å². The largest absolute Gasteiger partial charge is 0.377 e. The van der Waals surface area contributed by atoms with Gasteiger partial charge < -0.3 is 15.1 Å². The lowest BCUT2D eigenvalue weighted by atomic mass is 10.2. The molecule has 0 spiro atoms. The number of rotatable bonds is 3. The number of aromatic nitrogens is 2. The fourth-order valence-electron chi connectivity index (χ4n) is 2.31. The normalized spacial score (nSPS) is 20.6. The van der Waals surface area contributed by atoms with Gasteiger partial charge in [0.25, 0.3) is 0 Å². The molecule has 0 amide bonds. The van der Waals surface area contributed by atoms with E-state index < -0.39 is 0 Å². The molecular formula is C12H21N5O. The zero-order chi connectivity index (χ0) is 13.0. The SMILES string of the molecule is CCc1c(NN)ncnc1N1CCCOC(C)C1. The lowest BCUT2D eigenvalue weighted by Gasteiger charge is -2.25. The number of nitrogens with zero attached hydrogens (tertiary/aromatic N) is 3. The van der Waals surface area contributed by atoms with Gasteiger partial charge in [-0.3, -0.25) is 0 Å². The standard InChI is InChI=1S/C12H21N5O/c1-3-10-11(16-13)14-8-15-12(10)17-5-4-6-18-9(2)7-17/h8-9H,3-7,13H2,1-2H3,(H,14,15,16). The number of nitrogens with one attached hydrogen (secondary N) is 1. The van der Waals surface area contributed by atoms with E-state index >= 15 is 0 Å². The summed E-state index contributed by atoms with van der Waals surface area (Å²) in [6, 6.07) is 0. The zero-order valence-corrected chi connectivity index (χ0v) is 11.0. The molecule has 0 saturated carbocycles. The van der Waals surface area contributed by atoms with E-state index in [0.29, 0.717) is 5.82 Å². The molecule has 1 aliphatic heterocycles. The van der Waals surface area contributed by atoms with Gasteiger partial charge in [0, 0.05) is 25.3 Å². The van der Waals surface area contributed by atoms with Gasteiger partial charge in [0.05, 0.1) is 6.10 Å². The van der Waals surface area contributed by atoms with E-state index in [0.717, 1.165) is 43.9 Å². The van der Waals surface area contributed by atoms with Gasteiger partial charge in [-0.2, -0.15) is 0 Å². The Kier molecular flexibility index (Phi) is 4.33. The first-order valence-electron chi connectivity index (χ1n) is 6.43. The summed E-state index contributed by atoms with van der Waals surface area (Å²) < 4.78 is 5.66. The van der Waals surface area contributed by atoms with Crippen molar-refractivity contribution < 1.29 is 4.74 Å². The third kappa shape index (κ3) is 2.70. The van der Waals surface area contributed by atoms with Crippen molar-refractivity contribution in [2.75, 3.05) is 30.0 Å². The first-order valence-corrected chi connectivity index (χ1v) is 6.43.